The number of benzene rings is 2. The number of imide groups is 1. The van der Waals surface area contributed by atoms with Crippen molar-refractivity contribution >= 4 is 40.1 Å². The molecule has 0 spiro atoms. The van der Waals surface area contributed by atoms with E-state index in [1.807, 2.05) is 19.0 Å². The number of hydrogen-bond donors (Lipinski definition) is 1. The van der Waals surface area contributed by atoms with E-state index in [0.717, 1.165) is 0 Å². The third-order valence-electron chi connectivity index (χ3n) is 6.51. The van der Waals surface area contributed by atoms with Gasteiger partial charge in [0.25, 0.3) is 17.5 Å². The minimum absolute atomic E-state index is 0.0599. The lowest BCUT2D eigenvalue weighted by molar-refractivity contribution is -0.369. The average molecular weight is 535 g/mol. The molecule has 1 atom stereocenters. The number of aliphatic hydroxyl groups is 1. The highest BCUT2D eigenvalue weighted by Gasteiger charge is 2.49. The smallest absolute Gasteiger partial charge is 0.491 e. The summed E-state index contributed by atoms with van der Waals surface area (Å²) in [4.78, 5) is 44.4. The molecule has 0 saturated carbocycles. The predicted molar refractivity (Wildman–Crippen MR) is 144 cm³/mol. The van der Waals surface area contributed by atoms with Gasteiger partial charge in [0.1, 0.15) is 23.5 Å². The number of ether oxygens (including phenoxy) is 3. The van der Waals surface area contributed by atoms with Gasteiger partial charge in [-0.1, -0.05) is 16.7 Å². The molecule has 0 radical (unpaired) electrons. The second-order valence-electron chi connectivity index (χ2n) is 10.8. The summed E-state index contributed by atoms with van der Waals surface area (Å²) in [7, 11) is 3.73. The quantitative estimate of drug-likeness (QED) is 0.444. The van der Waals surface area contributed by atoms with Crippen LogP contribution < -0.4 is 9.47 Å². The van der Waals surface area contributed by atoms with E-state index in [1.165, 1.54) is 9.48 Å². The Morgan fingerprint density at radius 3 is 2.56 bits per heavy atom. The van der Waals surface area contributed by atoms with E-state index >= 15 is 0 Å². The van der Waals surface area contributed by atoms with Gasteiger partial charge in [-0.25, -0.2) is 0 Å². The van der Waals surface area contributed by atoms with E-state index in [9.17, 15) is 19.5 Å². The highest BCUT2D eigenvalue weighted by Crippen LogP contribution is 2.49. The molecule has 0 saturated heterocycles. The van der Waals surface area contributed by atoms with Gasteiger partial charge in [0.15, 0.2) is 0 Å². The normalized spacial score (nSPS) is 17.9. The third kappa shape index (κ3) is 4.70. The molecule has 10 heteroatoms. The predicted octanol–water partition coefficient (Wildman–Crippen LogP) is 3.28. The molecule has 3 amide bonds. The van der Waals surface area contributed by atoms with Crippen LogP contribution in [0, 0.1) is 0 Å². The molecule has 2 aliphatic heterocycles. The Bertz CT molecular complexity index is 1480. The van der Waals surface area contributed by atoms with Crippen LogP contribution in [0.1, 0.15) is 41.5 Å². The number of allylic oxidation sites excluding steroid dienone is 2. The standard InChI is InChI=1S/C29H32N3O7/c1-29(2,3)39-28(36)32-20-8-6-7-9-21(20)38-25-23-22(26(34)31(27(23)35)13-12-30(4)5)19-16-17(37-15-14-33)10-11-18(19)24(25)32/h6-11,16,21,33H,12-15H2,1-5H3/q+1. The topological polar surface area (TPSA) is 109 Å². The zero-order valence-corrected chi connectivity index (χ0v) is 22.7. The molecule has 0 fully saturated rings. The van der Waals surface area contributed by atoms with Crippen LogP contribution in [0.3, 0.4) is 0 Å². The first-order valence-corrected chi connectivity index (χ1v) is 12.8. The van der Waals surface area contributed by atoms with E-state index in [2.05, 4.69) is 0 Å². The van der Waals surface area contributed by atoms with Crippen LogP contribution in [0.15, 0.2) is 42.5 Å². The van der Waals surface area contributed by atoms with E-state index in [0.29, 0.717) is 34.5 Å². The first kappa shape index (κ1) is 26.6. The monoisotopic (exact) mass is 534 g/mol. The molecule has 1 unspecified atom stereocenters. The minimum atomic E-state index is -0.785. The van der Waals surface area contributed by atoms with Crippen LogP contribution >= 0.6 is 0 Å². The lowest BCUT2D eigenvalue weighted by Gasteiger charge is -2.26. The molecule has 0 bridgehead atoms. The molecule has 2 aromatic carbocycles. The van der Waals surface area contributed by atoms with Crippen molar-refractivity contribution in [3.05, 3.63) is 53.6 Å². The largest absolute Gasteiger partial charge is 0.603 e. The highest BCUT2D eigenvalue weighted by molar-refractivity contribution is 6.29. The average Bonchev–Trinajstić information content (AvgIpc) is 3.13. The summed E-state index contributed by atoms with van der Waals surface area (Å²) < 4.78 is 19.2. The maximum atomic E-state index is 13.8. The summed E-state index contributed by atoms with van der Waals surface area (Å²) in [6.45, 7) is 5.88. The van der Waals surface area contributed by atoms with Gasteiger partial charge in [-0.15, -0.1) is 0 Å². The first-order valence-electron chi connectivity index (χ1n) is 12.8. The molecule has 204 valence electrons. The lowest BCUT2D eigenvalue weighted by atomic mass is 9.94. The Labute approximate surface area is 226 Å². The maximum absolute atomic E-state index is 13.8. The van der Waals surface area contributed by atoms with Crippen molar-refractivity contribution in [2.45, 2.75) is 32.5 Å². The molecule has 3 aliphatic rings. The number of carbonyl (C=O) groups excluding carboxylic acids is 3. The Morgan fingerprint density at radius 1 is 1.13 bits per heavy atom. The number of hydrogen-bond acceptors (Lipinski definition) is 8. The van der Waals surface area contributed by atoms with Crippen molar-refractivity contribution in [1.82, 2.24) is 9.80 Å². The van der Waals surface area contributed by atoms with E-state index in [1.54, 1.807) is 63.3 Å². The second kappa shape index (κ2) is 9.94. The number of nitrogens with zero attached hydrogens (tertiary/aromatic N) is 3. The molecular formula is C29H32N3O7+. The van der Waals surface area contributed by atoms with Crippen molar-refractivity contribution in [3.63, 3.8) is 0 Å². The number of carbonyl (C=O) groups is 3. The van der Waals surface area contributed by atoms with Crippen LogP contribution in [0.5, 0.6) is 11.5 Å². The number of amides is 3. The summed E-state index contributed by atoms with van der Waals surface area (Å²) in [5.41, 5.74) is 0.378. The molecule has 39 heavy (non-hydrogen) atoms. The summed E-state index contributed by atoms with van der Waals surface area (Å²) in [6.07, 6.45) is 5.85. The van der Waals surface area contributed by atoms with Gasteiger partial charge >= 0.3 is 6.09 Å². The molecular weight excluding hydrogens is 502 g/mol. The first-order chi connectivity index (χ1) is 18.5. The number of aliphatic hydroxyl groups excluding tert-OH is 1. The van der Waals surface area contributed by atoms with Gasteiger partial charge in [0.05, 0.1) is 17.6 Å². The van der Waals surface area contributed by atoms with E-state index < -0.39 is 29.6 Å². The van der Waals surface area contributed by atoms with Gasteiger partial charge in [-0.2, -0.15) is 4.79 Å². The number of likely N-dealkylation sites (N-methyl/N-ethyl adjacent to an activating group) is 1. The Hall–Kier alpha value is -4.02. The highest BCUT2D eigenvalue weighted by atomic mass is 16.6. The van der Waals surface area contributed by atoms with Crippen molar-refractivity contribution in [3.8, 4) is 11.5 Å². The van der Waals surface area contributed by atoms with Gasteiger partial charge in [0, 0.05) is 24.6 Å². The third-order valence-corrected chi connectivity index (χ3v) is 6.51. The zero-order chi connectivity index (χ0) is 28.1. The number of rotatable bonds is 6. The van der Waals surface area contributed by atoms with Crippen LogP contribution in [-0.2, 0) is 4.74 Å². The minimum Gasteiger partial charge on any atom is -0.491 e. The van der Waals surface area contributed by atoms with Crippen LogP contribution in [0.4, 0.5) is 10.5 Å². The van der Waals surface area contributed by atoms with Crippen molar-refractivity contribution in [2.24, 2.45) is 0 Å². The SMILES string of the molecule is CN(C)CCN1C(=O)c2c3c(c4ccc(OCCO)cc4c2C1=O)[N+](C(=O)OC(C)(C)C)=C1C=CC=CC1O3. The lowest BCUT2D eigenvalue weighted by Crippen LogP contribution is -2.41. The fourth-order valence-electron chi connectivity index (χ4n) is 4.88. The fraction of sp³-hybridized carbons (Fsp3) is 0.379. The van der Waals surface area contributed by atoms with Crippen molar-refractivity contribution < 1.29 is 38.3 Å². The Balaban J connectivity index is 1.81. The summed E-state index contributed by atoms with van der Waals surface area (Å²) in [5.74, 6) is -0.353. The van der Waals surface area contributed by atoms with Gasteiger partial charge in [-0.05, 0) is 59.1 Å². The van der Waals surface area contributed by atoms with Gasteiger partial charge < -0.3 is 24.2 Å². The second-order valence-corrected chi connectivity index (χ2v) is 10.8. The van der Waals surface area contributed by atoms with Crippen molar-refractivity contribution in [1.29, 1.82) is 0 Å². The molecule has 2 heterocycles. The van der Waals surface area contributed by atoms with Crippen LogP contribution in [0.2, 0.25) is 0 Å². The maximum Gasteiger partial charge on any atom is 0.603 e. The summed E-state index contributed by atoms with van der Waals surface area (Å²) in [6, 6.07) is 5.08. The van der Waals surface area contributed by atoms with Crippen LogP contribution in [-0.4, -0.2) is 95.2 Å². The molecule has 5 rings (SSSR count). The summed E-state index contributed by atoms with van der Waals surface area (Å²) in [5, 5.41) is 10.2. The summed E-state index contributed by atoms with van der Waals surface area (Å²) >= 11 is 0. The molecule has 10 nitrogen and oxygen atoms in total. The molecule has 1 aliphatic carbocycles. The van der Waals surface area contributed by atoms with Gasteiger partial charge in [-0.3, -0.25) is 14.5 Å². The fourth-order valence-corrected chi connectivity index (χ4v) is 4.88. The number of fused-ring (bicyclic) bond motifs is 7. The Morgan fingerprint density at radius 2 is 1.87 bits per heavy atom. The van der Waals surface area contributed by atoms with E-state index in [4.69, 9.17) is 14.2 Å². The molecule has 1 N–H and O–H groups in total. The van der Waals surface area contributed by atoms with Crippen molar-refractivity contribution in [2.75, 3.05) is 40.4 Å². The molecule has 0 aromatic heterocycles. The van der Waals surface area contributed by atoms with E-state index in [-0.39, 0.29) is 36.6 Å². The Kier molecular flexibility index (Phi) is 6.77. The zero-order valence-electron chi connectivity index (χ0n) is 22.7. The van der Waals surface area contributed by atoms with Crippen LogP contribution in [0.25, 0.3) is 10.8 Å². The molecule has 2 aromatic rings. The van der Waals surface area contributed by atoms with Gasteiger partial charge in [0.2, 0.25) is 17.6 Å².